The van der Waals surface area contributed by atoms with Crippen LogP contribution in [0.1, 0.15) is 21.6 Å². The van der Waals surface area contributed by atoms with Gasteiger partial charge in [-0.3, -0.25) is 5.43 Å². The molecule has 0 aliphatic rings. The zero-order valence-corrected chi connectivity index (χ0v) is 10.5. The number of hydrogen-bond acceptors (Lipinski definition) is 6. The second-order valence-electron chi connectivity index (χ2n) is 3.87. The summed E-state index contributed by atoms with van der Waals surface area (Å²) in [4.78, 5) is 25.4. The lowest BCUT2D eigenvalue weighted by molar-refractivity contribution is 0.0697. The number of rotatable bonds is 4. The Morgan fingerprint density at radius 3 is 2.75 bits per heavy atom. The molecule has 8 nitrogen and oxygen atoms in total. The molecule has 0 aliphatic carbocycles. The van der Waals surface area contributed by atoms with E-state index in [4.69, 9.17) is 5.11 Å². The van der Waals surface area contributed by atoms with Crippen molar-refractivity contribution in [3.63, 3.8) is 0 Å². The maximum atomic E-state index is 11.0. The van der Waals surface area contributed by atoms with Gasteiger partial charge in [0.25, 0.3) is 0 Å². The third-order valence-corrected chi connectivity index (χ3v) is 2.42. The number of benzene rings is 1. The Morgan fingerprint density at radius 1 is 1.40 bits per heavy atom. The molecule has 1 aromatic heterocycles. The topological polar surface area (TPSA) is 120 Å². The SMILES string of the molecule is Cc1n[nH]c(=O)nc1N/N=C\c1ccc(C(=O)O)cc1. The summed E-state index contributed by atoms with van der Waals surface area (Å²) in [6.45, 7) is 1.67. The maximum Gasteiger partial charge on any atom is 0.363 e. The minimum Gasteiger partial charge on any atom is -0.478 e. The first-order chi connectivity index (χ1) is 9.56. The first-order valence-corrected chi connectivity index (χ1v) is 5.62. The predicted molar refractivity (Wildman–Crippen MR) is 72.0 cm³/mol. The fourth-order valence-electron chi connectivity index (χ4n) is 1.38. The van der Waals surface area contributed by atoms with Crippen LogP contribution >= 0.6 is 0 Å². The van der Waals surface area contributed by atoms with E-state index in [0.717, 1.165) is 0 Å². The molecule has 0 aliphatic heterocycles. The van der Waals surface area contributed by atoms with Gasteiger partial charge in [-0.25, -0.2) is 14.7 Å². The number of hydrogen-bond donors (Lipinski definition) is 3. The van der Waals surface area contributed by atoms with E-state index in [1.807, 2.05) is 0 Å². The van der Waals surface area contributed by atoms with Gasteiger partial charge in [0.05, 0.1) is 11.8 Å². The number of aryl methyl sites for hydroxylation is 1. The molecule has 2 aromatic rings. The molecule has 0 spiro atoms. The highest BCUT2D eigenvalue weighted by atomic mass is 16.4. The van der Waals surface area contributed by atoms with Crippen LogP contribution in [-0.4, -0.2) is 32.5 Å². The van der Waals surface area contributed by atoms with E-state index in [1.165, 1.54) is 18.3 Å². The van der Waals surface area contributed by atoms with Gasteiger partial charge in [0, 0.05) is 0 Å². The summed E-state index contributed by atoms with van der Waals surface area (Å²) in [5, 5.41) is 18.6. The lowest BCUT2D eigenvalue weighted by atomic mass is 10.1. The second kappa shape index (κ2) is 5.74. The number of aromatic carboxylic acids is 1. The van der Waals surface area contributed by atoms with Crippen LogP contribution < -0.4 is 11.1 Å². The van der Waals surface area contributed by atoms with Crippen LogP contribution in [-0.2, 0) is 0 Å². The molecule has 2 rings (SSSR count). The summed E-state index contributed by atoms with van der Waals surface area (Å²) < 4.78 is 0. The molecule has 0 atom stereocenters. The van der Waals surface area contributed by atoms with E-state index in [9.17, 15) is 9.59 Å². The van der Waals surface area contributed by atoms with E-state index in [1.54, 1.807) is 19.1 Å². The van der Waals surface area contributed by atoms with Gasteiger partial charge >= 0.3 is 11.7 Å². The Labute approximate surface area is 113 Å². The molecular weight excluding hydrogens is 262 g/mol. The number of carboxylic acid groups (broad SMARTS) is 1. The molecule has 0 unspecified atom stereocenters. The maximum absolute atomic E-state index is 11.0. The smallest absolute Gasteiger partial charge is 0.363 e. The number of carbonyl (C=O) groups is 1. The Morgan fingerprint density at radius 2 is 2.10 bits per heavy atom. The summed E-state index contributed by atoms with van der Waals surface area (Å²) in [6, 6.07) is 6.18. The molecule has 0 saturated carbocycles. The van der Waals surface area contributed by atoms with E-state index in [0.29, 0.717) is 11.3 Å². The summed E-state index contributed by atoms with van der Waals surface area (Å²) in [5.41, 5.74) is 3.44. The minimum absolute atomic E-state index is 0.200. The fraction of sp³-hybridized carbons (Fsp3) is 0.0833. The molecule has 0 saturated heterocycles. The summed E-state index contributed by atoms with van der Waals surface area (Å²) in [5.74, 6) is -0.729. The first-order valence-electron chi connectivity index (χ1n) is 5.62. The number of nitrogens with one attached hydrogen (secondary N) is 2. The lowest BCUT2D eigenvalue weighted by Crippen LogP contribution is -2.15. The average Bonchev–Trinajstić information content (AvgIpc) is 2.43. The van der Waals surface area contributed by atoms with Crippen molar-refractivity contribution in [2.45, 2.75) is 6.92 Å². The number of aromatic amines is 1. The molecule has 3 N–H and O–H groups in total. The van der Waals surface area contributed by atoms with Crippen molar-refractivity contribution >= 4 is 18.0 Å². The van der Waals surface area contributed by atoms with Gasteiger partial charge in [0.1, 0.15) is 5.69 Å². The van der Waals surface area contributed by atoms with Crippen LogP contribution in [0.4, 0.5) is 5.82 Å². The zero-order valence-electron chi connectivity index (χ0n) is 10.5. The lowest BCUT2D eigenvalue weighted by Gasteiger charge is -2.00. The van der Waals surface area contributed by atoms with Gasteiger partial charge in [-0.1, -0.05) is 12.1 Å². The summed E-state index contributed by atoms with van der Waals surface area (Å²) in [6.07, 6.45) is 1.48. The molecule has 0 amide bonds. The predicted octanol–water partition coefficient (Wildman–Crippen LogP) is 0.618. The van der Waals surface area contributed by atoms with Crippen LogP contribution in [0.2, 0.25) is 0 Å². The van der Waals surface area contributed by atoms with Gasteiger partial charge in [-0.05, 0) is 24.6 Å². The molecule has 1 heterocycles. The van der Waals surface area contributed by atoms with Gasteiger partial charge < -0.3 is 5.11 Å². The molecular formula is C12H11N5O3. The molecule has 0 radical (unpaired) electrons. The van der Waals surface area contributed by atoms with Crippen LogP contribution in [0.25, 0.3) is 0 Å². The molecule has 102 valence electrons. The molecule has 0 fully saturated rings. The van der Waals surface area contributed by atoms with Gasteiger partial charge in [-0.2, -0.15) is 15.2 Å². The standard InChI is InChI=1S/C12H11N5O3/c1-7-10(14-12(20)17-15-7)16-13-6-8-2-4-9(5-3-8)11(18)19/h2-6H,1H3,(H,18,19)(H2,14,16,17,20)/b13-6-. The van der Waals surface area contributed by atoms with Crippen LogP contribution in [0.3, 0.4) is 0 Å². The number of nitrogens with zero attached hydrogens (tertiary/aromatic N) is 3. The second-order valence-corrected chi connectivity index (χ2v) is 3.87. The Hall–Kier alpha value is -3.03. The number of H-pyrrole nitrogens is 1. The van der Waals surface area contributed by atoms with Crippen molar-refractivity contribution in [1.29, 1.82) is 0 Å². The van der Waals surface area contributed by atoms with E-state index >= 15 is 0 Å². The van der Waals surface area contributed by atoms with Crippen molar-refractivity contribution in [3.8, 4) is 0 Å². The van der Waals surface area contributed by atoms with Crippen molar-refractivity contribution in [2.75, 3.05) is 5.43 Å². The summed E-state index contributed by atoms with van der Waals surface area (Å²) in [7, 11) is 0. The Kier molecular flexibility index (Phi) is 3.85. The highest BCUT2D eigenvalue weighted by molar-refractivity contribution is 5.89. The van der Waals surface area contributed by atoms with Gasteiger partial charge in [-0.15, -0.1) is 0 Å². The molecule has 0 bridgehead atoms. The van der Waals surface area contributed by atoms with Crippen molar-refractivity contribution in [2.24, 2.45) is 5.10 Å². The molecule has 1 aromatic carbocycles. The number of hydrazone groups is 1. The van der Waals surface area contributed by atoms with Crippen molar-refractivity contribution in [3.05, 3.63) is 51.6 Å². The molecule has 20 heavy (non-hydrogen) atoms. The van der Waals surface area contributed by atoms with E-state index < -0.39 is 11.7 Å². The highest BCUT2D eigenvalue weighted by Crippen LogP contribution is 2.04. The van der Waals surface area contributed by atoms with E-state index in [2.05, 4.69) is 25.7 Å². The number of aromatic nitrogens is 3. The zero-order chi connectivity index (χ0) is 14.5. The summed E-state index contributed by atoms with van der Waals surface area (Å²) >= 11 is 0. The average molecular weight is 273 g/mol. The van der Waals surface area contributed by atoms with Crippen LogP contribution in [0, 0.1) is 6.92 Å². The first kappa shape index (κ1) is 13.4. The highest BCUT2D eigenvalue weighted by Gasteiger charge is 2.01. The normalized spacial score (nSPS) is 10.7. The third kappa shape index (κ3) is 3.25. The largest absolute Gasteiger partial charge is 0.478 e. The number of carboxylic acids is 1. The van der Waals surface area contributed by atoms with Crippen molar-refractivity contribution < 1.29 is 9.90 Å². The number of anilines is 1. The Bertz CT molecular complexity index is 706. The Balaban J connectivity index is 2.08. The van der Waals surface area contributed by atoms with Gasteiger partial charge in [0.2, 0.25) is 0 Å². The van der Waals surface area contributed by atoms with Crippen molar-refractivity contribution in [1.82, 2.24) is 15.2 Å². The van der Waals surface area contributed by atoms with Crippen LogP contribution in [0.15, 0.2) is 34.2 Å². The third-order valence-electron chi connectivity index (χ3n) is 2.42. The van der Waals surface area contributed by atoms with E-state index in [-0.39, 0.29) is 11.4 Å². The van der Waals surface area contributed by atoms with Gasteiger partial charge in [0.15, 0.2) is 5.82 Å². The molecule has 8 heteroatoms. The minimum atomic E-state index is -0.985. The fourth-order valence-corrected chi connectivity index (χ4v) is 1.38. The monoisotopic (exact) mass is 273 g/mol. The quantitative estimate of drug-likeness (QED) is 0.554. The van der Waals surface area contributed by atoms with Crippen LogP contribution in [0.5, 0.6) is 0 Å².